The quantitative estimate of drug-likeness (QED) is 0.372. The van der Waals surface area contributed by atoms with Crippen LogP contribution in [0, 0.1) is 6.92 Å². The molecule has 3 aromatic carbocycles. The minimum atomic E-state index is -0.501. The van der Waals surface area contributed by atoms with Crippen LogP contribution in [0.3, 0.4) is 0 Å². The molecule has 0 fully saturated rings. The van der Waals surface area contributed by atoms with Gasteiger partial charge < -0.3 is 14.8 Å². The summed E-state index contributed by atoms with van der Waals surface area (Å²) in [4.78, 5) is 29.1. The molecule has 9 heteroatoms. The number of hydrogen-bond acceptors (Lipinski definition) is 6. The predicted octanol–water partition coefficient (Wildman–Crippen LogP) is 6.31. The zero-order chi connectivity index (χ0) is 24.4. The monoisotopic (exact) mass is 514 g/mol. The summed E-state index contributed by atoms with van der Waals surface area (Å²) in [6, 6.07) is 17.2. The fourth-order valence-corrected chi connectivity index (χ4v) is 4.55. The lowest BCUT2D eigenvalue weighted by Crippen LogP contribution is -2.32. The van der Waals surface area contributed by atoms with E-state index in [9.17, 15) is 9.59 Å². The Morgan fingerprint density at radius 3 is 2.26 bits per heavy atom. The van der Waals surface area contributed by atoms with Crippen LogP contribution >= 0.6 is 35.0 Å². The Morgan fingerprint density at radius 2 is 1.62 bits per heavy atom. The maximum absolute atomic E-state index is 13.5. The molecule has 0 aromatic heterocycles. The number of hydrogen-bond donors (Lipinski definition) is 1. The number of rotatable bonds is 7. The maximum Gasteiger partial charge on any atom is 0.283 e. The minimum absolute atomic E-state index is 0.130. The van der Waals surface area contributed by atoms with Crippen molar-refractivity contribution < 1.29 is 19.1 Å². The standard InChI is InChI=1S/C25H20Cl2N2O4S/c1-14-4-7-16(12-19(14)27)29-24(30)22(28-20-11-8-17(32-2)13-21(20)33-3)23(25(29)31)34-18-9-5-15(26)6-10-18/h4-13,28H,1-3H3. The number of benzene rings is 3. The molecule has 0 radical (unpaired) electrons. The van der Waals surface area contributed by atoms with E-state index in [2.05, 4.69) is 5.32 Å². The van der Waals surface area contributed by atoms with Gasteiger partial charge in [0.05, 0.1) is 25.6 Å². The number of halogens is 2. The second kappa shape index (κ2) is 10.0. The highest BCUT2D eigenvalue weighted by Gasteiger charge is 2.40. The highest BCUT2D eigenvalue weighted by molar-refractivity contribution is 8.04. The number of carbonyl (C=O) groups is 2. The molecule has 0 saturated heterocycles. The van der Waals surface area contributed by atoms with Crippen molar-refractivity contribution in [1.29, 1.82) is 0 Å². The summed E-state index contributed by atoms with van der Waals surface area (Å²) in [5, 5.41) is 4.14. The lowest BCUT2D eigenvalue weighted by Gasteiger charge is -2.17. The van der Waals surface area contributed by atoms with Gasteiger partial charge in [0.1, 0.15) is 22.1 Å². The van der Waals surface area contributed by atoms with E-state index in [1.165, 1.54) is 18.9 Å². The highest BCUT2D eigenvalue weighted by atomic mass is 35.5. The molecule has 0 atom stereocenters. The molecule has 2 amide bonds. The fourth-order valence-electron chi connectivity index (χ4n) is 3.33. The predicted molar refractivity (Wildman–Crippen MR) is 136 cm³/mol. The van der Waals surface area contributed by atoms with Crippen LogP contribution in [0.25, 0.3) is 0 Å². The number of carbonyl (C=O) groups excluding carboxylic acids is 2. The van der Waals surface area contributed by atoms with Crippen molar-refractivity contribution in [3.05, 3.63) is 86.9 Å². The van der Waals surface area contributed by atoms with Crippen LogP contribution in [-0.4, -0.2) is 26.0 Å². The van der Waals surface area contributed by atoms with Crippen molar-refractivity contribution in [1.82, 2.24) is 0 Å². The molecule has 3 aromatic rings. The molecule has 0 saturated carbocycles. The van der Waals surface area contributed by atoms with Gasteiger partial charge in [-0.25, -0.2) is 4.90 Å². The van der Waals surface area contributed by atoms with E-state index in [0.29, 0.717) is 32.9 Å². The number of nitrogens with zero attached hydrogens (tertiary/aromatic N) is 1. The van der Waals surface area contributed by atoms with Crippen molar-refractivity contribution in [2.24, 2.45) is 0 Å². The SMILES string of the molecule is COc1ccc(NC2=C(Sc3ccc(Cl)cc3)C(=O)N(c3ccc(C)c(Cl)c3)C2=O)c(OC)c1. The smallest absolute Gasteiger partial charge is 0.283 e. The van der Waals surface area contributed by atoms with Crippen molar-refractivity contribution in [3.8, 4) is 11.5 Å². The Kier molecular flexibility index (Phi) is 7.07. The van der Waals surface area contributed by atoms with Gasteiger partial charge in [0.25, 0.3) is 11.8 Å². The van der Waals surface area contributed by atoms with E-state index in [4.69, 9.17) is 32.7 Å². The number of methoxy groups -OCH3 is 2. The van der Waals surface area contributed by atoms with Gasteiger partial charge in [0.15, 0.2) is 0 Å². The first-order valence-electron chi connectivity index (χ1n) is 10.1. The van der Waals surface area contributed by atoms with E-state index < -0.39 is 11.8 Å². The fraction of sp³-hybridized carbons (Fsp3) is 0.120. The molecule has 174 valence electrons. The lowest BCUT2D eigenvalue weighted by atomic mass is 10.2. The number of ether oxygens (including phenoxy) is 2. The molecular weight excluding hydrogens is 495 g/mol. The molecule has 1 aliphatic rings. The minimum Gasteiger partial charge on any atom is -0.497 e. The zero-order valence-corrected chi connectivity index (χ0v) is 20.8. The number of aryl methyl sites for hydroxylation is 1. The van der Waals surface area contributed by atoms with Gasteiger partial charge in [-0.05, 0) is 61.0 Å². The summed E-state index contributed by atoms with van der Waals surface area (Å²) < 4.78 is 10.7. The van der Waals surface area contributed by atoms with Gasteiger partial charge >= 0.3 is 0 Å². The van der Waals surface area contributed by atoms with Crippen LogP contribution in [0.15, 0.2) is 76.2 Å². The summed E-state index contributed by atoms with van der Waals surface area (Å²) in [5.41, 5.74) is 1.87. The van der Waals surface area contributed by atoms with Gasteiger partial charge in [-0.15, -0.1) is 0 Å². The third-order valence-electron chi connectivity index (χ3n) is 5.16. The molecule has 1 N–H and O–H groups in total. The molecule has 1 aliphatic heterocycles. The normalized spacial score (nSPS) is 13.5. The molecule has 4 rings (SSSR count). The van der Waals surface area contributed by atoms with E-state index >= 15 is 0 Å². The first-order valence-corrected chi connectivity index (χ1v) is 11.7. The van der Waals surface area contributed by atoms with Crippen LogP contribution in [-0.2, 0) is 9.59 Å². The van der Waals surface area contributed by atoms with Crippen LogP contribution in [0.1, 0.15) is 5.56 Å². The van der Waals surface area contributed by atoms with Gasteiger partial charge in [0, 0.05) is 21.0 Å². The summed E-state index contributed by atoms with van der Waals surface area (Å²) in [7, 11) is 3.06. The second-order valence-corrected chi connectivity index (χ2v) is 9.26. The second-order valence-electron chi connectivity index (χ2n) is 7.33. The Hall–Kier alpha value is -3.13. The number of thioether (sulfide) groups is 1. The average molecular weight is 515 g/mol. The van der Waals surface area contributed by atoms with Gasteiger partial charge in [-0.1, -0.05) is 41.0 Å². The van der Waals surface area contributed by atoms with E-state index in [1.807, 2.05) is 6.92 Å². The molecule has 34 heavy (non-hydrogen) atoms. The van der Waals surface area contributed by atoms with Crippen molar-refractivity contribution in [3.63, 3.8) is 0 Å². The van der Waals surface area contributed by atoms with Gasteiger partial charge in [-0.2, -0.15) is 0 Å². The Morgan fingerprint density at radius 1 is 0.882 bits per heavy atom. The lowest BCUT2D eigenvalue weighted by molar-refractivity contribution is -0.120. The number of nitrogens with one attached hydrogen (secondary N) is 1. The first-order chi connectivity index (χ1) is 16.3. The van der Waals surface area contributed by atoms with E-state index in [-0.39, 0.29) is 10.6 Å². The molecular formula is C25H20Cl2N2O4S. The highest BCUT2D eigenvalue weighted by Crippen LogP contribution is 2.40. The molecule has 0 aliphatic carbocycles. The van der Waals surface area contributed by atoms with Gasteiger partial charge in [0.2, 0.25) is 0 Å². The summed E-state index contributed by atoms with van der Waals surface area (Å²) in [6.07, 6.45) is 0. The van der Waals surface area contributed by atoms with Crippen molar-refractivity contribution in [2.45, 2.75) is 11.8 Å². The largest absolute Gasteiger partial charge is 0.497 e. The zero-order valence-electron chi connectivity index (χ0n) is 18.5. The Bertz CT molecular complexity index is 1310. The number of amides is 2. The molecule has 1 heterocycles. The van der Waals surface area contributed by atoms with E-state index in [0.717, 1.165) is 15.4 Å². The first kappa shape index (κ1) is 24.0. The summed E-state index contributed by atoms with van der Waals surface area (Å²) in [6.45, 7) is 1.85. The van der Waals surface area contributed by atoms with Crippen LogP contribution in [0.2, 0.25) is 10.0 Å². The van der Waals surface area contributed by atoms with E-state index in [1.54, 1.807) is 67.8 Å². The van der Waals surface area contributed by atoms with Crippen LogP contribution in [0.4, 0.5) is 11.4 Å². The summed E-state index contributed by atoms with van der Waals surface area (Å²) >= 11 is 13.5. The average Bonchev–Trinajstić information content (AvgIpc) is 3.06. The van der Waals surface area contributed by atoms with Crippen LogP contribution < -0.4 is 19.7 Å². The van der Waals surface area contributed by atoms with Crippen LogP contribution in [0.5, 0.6) is 11.5 Å². The number of imide groups is 1. The Balaban J connectivity index is 1.77. The molecule has 0 spiro atoms. The third-order valence-corrected chi connectivity index (χ3v) is 6.91. The third kappa shape index (κ3) is 4.73. The van der Waals surface area contributed by atoms with Crippen molar-refractivity contribution >= 4 is 58.2 Å². The molecule has 0 bridgehead atoms. The number of anilines is 2. The molecule has 6 nitrogen and oxygen atoms in total. The maximum atomic E-state index is 13.5. The summed E-state index contributed by atoms with van der Waals surface area (Å²) in [5.74, 6) is 0.0933. The topological polar surface area (TPSA) is 67.9 Å². The Labute approximate surface area is 211 Å². The molecule has 0 unspecified atom stereocenters. The van der Waals surface area contributed by atoms with Crippen molar-refractivity contribution in [2.75, 3.05) is 24.4 Å². The van der Waals surface area contributed by atoms with Gasteiger partial charge in [-0.3, -0.25) is 9.59 Å².